The predicted octanol–water partition coefficient (Wildman–Crippen LogP) is -5.33. The Hall–Kier alpha value is -4.50. The van der Waals surface area contributed by atoms with E-state index in [1.165, 1.54) is 20.8 Å². The second-order valence-electron chi connectivity index (χ2n) is 10.7. The van der Waals surface area contributed by atoms with Crippen molar-refractivity contribution in [2.45, 2.75) is 82.7 Å². The number of aliphatic carboxylic acids is 2. The number of hydrogen-bond donors (Lipinski definition) is 12. The molecule has 21 heteroatoms. The summed E-state index contributed by atoms with van der Waals surface area (Å²) >= 11 is 3.91. The van der Waals surface area contributed by atoms with Crippen molar-refractivity contribution in [3.63, 3.8) is 0 Å². The molecule has 0 aromatic rings. The molecule has 0 rings (SSSR count). The molecule has 0 aromatic carbocycles. The first kappa shape index (κ1) is 42.5. The molecule has 0 aromatic heterocycles. The standard InChI is InChI=1S/C26H44N8O12S/c1-11(2)20(25(44)29-8-18(37)31-16(9-35)26(45)46)34-24(43)15(5-7-19(38)39)32-21(40)12(3)30-23(42)14(4-6-17(28)36)33-22(41)13(27)10-47/h11-16,20,35,47H,4-10,27H2,1-3H3,(H2,28,36)(H,29,44)(H,30,42)(H,31,37)(H,32,40)(H,33,41)(H,34,43)(H,38,39)(H,45,46)/t12-,13-,14-,15-,16-,20-/m0/s1. The predicted molar refractivity (Wildman–Crippen MR) is 165 cm³/mol. The molecule has 0 saturated carbocycles. The van der Waals surface area contributed by atoms with E-state index in [9.17, 15) is 43.2 Å². The zero-order chi connectivity index (χ0) is 36.4. The van der Waals surface area contributed by atoms with Crippen molar-refractivity contribution in [1.82, 2.24) is 31.9 Å². The number of rotatable bonds is 22. The van der Waals surface area contributed by atoms with Crippen LogP contribution in [0.5, 0.6) is 0 Å². The Morgan fingerprint density at radius 2 is 1.23 bits per heavy atom. The van der Waals surface area contributed by atoms with E-state index in [2.05, 4.69) is 39.2 Å². The van der Waals surface area contributed by atoms with Crippen LogP contribution in [0.1, 0.15) is 46.5 Å². The molecule has 0 bridgehead atoms. The van der Waals surface area contributed by atoms with E-state index in [0.717, 1.165) is 0 Å². The number of primary amides is 1. The molecular formula is C26H44N8O12S. The first-order valence-corrected chi connectivity index (χ1v) is 15.0. The van der Waals surface area contributed by atoms with E-state index in [1.807, 2.05) is 5.32 Å². The number of carboxylic acids is 2. The second kappa shape index (κ2) is 21.3. The summed E-state index contributed by atoms with van der Waals surface area (Å²) in [5, 5.41) is 40.6. The number of aliphatic hydroxyl groups is 1. The van der Waals surface area contributed by atoms with Gasteiger partial charge in [-0.1, -0.05) is 13.8 Å². The van der Waals surface area contributed by atoms with Crippen LogP contribution in [0.25, 0.3) is 0 Å². The summed E-state index contributed by atoms with van der Waals surface area (Å²) in [5.74, 6) is -9.62. The van der Waals surface area contributed by atoms with Crippen LogP contribution in [0.2, 0.25) is 0 Å². The first-order chi connectivity index (χ1) is 21.8. The van der Waals surface area contributed by atoms with Crippen molar-refractivity contribution in [1.29, 1.82) is 0 Å². The average molecular weight is 693 g/mol. The maximum atomic E-state index is 13.2. The van der Waals surface area contributed by atoms with Crippen LogP contribution in [0.15, 0.2) is 0 Å². The van der Waals surface area contributed by atoms with E-state index in [-0.39, 0.29) is 18.6 Å². The minimum Gasteiger partial charge on any atom is -0.481 e. The fraction of sp³-hybridized carbons (Fsp3) is 0.654. The summed E-state index contributed by atoms with van der Waals surface area (Å²) in [6.07, 6.45) is -1.54. The van der Waals surface area contributed by atoms with Crippen molar-refractivity contribution in [2.24, 2.45) is 17.4 Å². The van der Waals surface area contributed by atoms with Gasteiger partial charge in [-0.2, -0.15) is 12.6 Å². The number of carbonyl (C=O) groups is 9. The van der Waals surface area contributed by atoms with Crippen molar-refractivity contribution >= 4 is 65.9 Å². The SMILES string of the molecule is CC(C)[C@H](NC(=O)[C@H](CCC(=O)O)NC(=O)[C@H](C)NC(=O)[C@H](CCC(N)=O)NC(=O)[C@@H](N)CS)C(=O)NCC(=O)N[C@@H](CO)C(=O)O. The topological polar surface area (TPSA) is 339 Å². The molecule has 47 heavy (non-hydrogen) atoms. The molecule has 0 aliphatic carbocycles. The largest absolute Gasteiger partial charge is 0.481 e. The highest BCUT2D eigenvalue weighted by Gasteiger charge is 2.32. The molecule has 0 heterocycles. The Balaban J connectivity index is 5.65. The lowest BCUT2D eigenvalue weighted by Gasteiger charge is -2.26. The maximum Gasteiger partial charge on any atom is 0.328 e. The number of hydrogen-bond acceptors (Lipinski definition) is 12. The number of thiol groups is 1. The molecule has 7 amide bonds. The molecule has 0 fully saturated rings. The molecule has 0 saturated heterocycles. The molecule has 0 aliphatic rings. The van der Waals surface area contributed by atoms with Gasteiger partial charge in [-0.3, -0.25) is 38.4 Å². The third-order valence-corrected chi connectivity index (χ3v) is 6.76. The van der Waals surface area contributed by atoms with Gasteiger partial charge in [0, 0.05) is 18.6 Å². The highest BCUT2D eigenvalue weighted by Crippen LogP contribution is 2.06. The number of carbonyl (C=O) groups excluding carboxylic acids is 7. The van der Waals surface area contributed by atoms with Crippen molar-refractivity contribution in [2.75, 3.05) is 18.9 Å². The number of nitrogens with one attached hydrogen (secondary N) is 6. The molecule has 0 aliphatic heterocycles. The normalized spacial score (nSPS) is 14.6. The van der Waals surface area contributed by atoms with Gasteiger partial charge in [0.05, 0.1) is 19.2 Å². The summed E-state index contributed by atoms with van der Waals surface area (Å²) in [4.78, 5) is 109. The molecule has 20 nitrogen and oxygen atoms in total. The first-order valence-electron chi connectivity index (χ1n) is 14.3. The number of nitrogens with two attached hydrogens (primary N) is 2. The van der Waals surface area contributed by atoms with Gasteiger partial charge in [-0.05, 0) is 25.7 Å². The Morgan fingerprint density at radius 1 is 0.702 bits per heavy atom. The maximum absolute atomic E-state index is 13.2. The van der Waals surface area contributed by atoms with Crippen molar-refractivity contribution < 1.29 is 58.5 Å². The average Bonchev–Trinajstić information content (AvgIpc) is 2.99. The van der Waals surface area contributed by atoms with Crippen molar-refractivity contribution in [3.05, 3.63) is 0 Å². The van der Waals surface area contributed by atoms with Crippen LogP contribution >= 0.6 is 12.6 Å². The van der Waals surface area contributed by atoms with Crippen LogP contribution in [0.3, 0.4) is 0 Å². The van der Waals surface area contributed by atoms with Gasteiger partial charge in [-0.15, -0.1) is 0 Å². The summed E-state index contributed by atoms with van der Waals surface area (Å²) < 4.78 is 0. The highest BCUT2D eigenvalue weighted by atomic mass is 32.1. The van der Waals surface area contributed by atoms with Gasteiger partial charge in [0.15, 0.2) is 0 Å². The summed E-state index contributed by atoms with van der Waals surface area (Å²) in [7, 11) is 0. The lowest BCUT2D eigenvalue weighted by Crippen LogP contribution is -2.59. The summed E-state index contributed by atoms with van der Waals surface area (Å²) in [5.41, 5.74) is 10.8. The molecule has 0 spiro atoms. The van der Waals surface area contributed by atoms with Crippen LogP contribution in [-0.4, -0.2) is 124 Å². The van der Waals surface area contributed by atoms with E-state index in [4.69, 9.17) is 26.8 Å². The molecule has 13 N–H and O–H groups in total. The molecule has 266 valence electrons. The zero-order valence-corrected chi connectivity index (χ0v) is 27.0. The van der Waals surface area contributed by atoms with Gasteiger partial charge in [0.2, 0.25) is 41.4 Å². The Bertz CT molecular complexity index is 1170. The molecule has 6 atom stereocenters. The number of carboxylic acid groups (broad SMARTS) is 2. The van der Waals surface area contributed by atoms with Crippen LogP contribution < -0.4 is 43.4 Å². The lowest BCUT2D eigenvalue weighted by molar-refractivity contribution is -0.143. The van der Waals surface area contributed by atoms with Crippen LogP contribution in [0, 0.1) is 5.92 Å². The van der Waals surface area contributed by atoms with Crippen LogP contribution in [0.4, 0.5) is 0 Å². The fourth-order valence-corrected chi connectivity index (χ4v) is 3.79. The van der Waals surface area contributed by atoms with E-state index >= 15 is 0 Å². The Kier molecular flexibility index (Phi) is 19.3. The van der Waals surface area contributed by atoms with Gasteiger partial charge < -0.3 is 58.7 Å². The highest BCUT2D eigenvalue weighted by molar-refractivity contribution is 7.80. The quantitative estimate of drug-likeness (QED) is 0.0472. The van der Waals surface area contributed by atoms with Gasteiger partial charge in [0.1, 0.15) is 30.2 Å². The zero-order valence-electron chi connectivity index (χ0n) is 26.1. The van der Waals surface area contributed by atoms with Gasteiger partial charge in [-0.25, -0.2) is 4.79 Å². The summed E-state index contributed by atoms with van der Waals surface area (Å²) in [6, 6.07) is -8.19. The number of aliphatic hydroxyl groups excluding tert-OH is 1. The minimum atomic E-state index is -1.61. The minimum absolute atomic E-state index is 0.0545. The third kappa shape index (κ3) is 16.6. The fourth-order valence-electron chi connectivity index (χ4n) is 3.63. The Morgan fingerprint density at radius 3 is 1.70 bits per heavy atom. The van der Waals surface area contributed by atoms with E-state index < -0.39 is 121 Å². The van der Waals surface area contributed by atoms with E-state index in [1.54, 1.807) is 0 Å². The van der Waals surface area contributed by atoms with Gasteiger partial charge in [0.25, 0.3) is 0 Å². The van der Waals surface area contributed by atoms with Gasteiger partial charge >= 0.3 is 11.9 Å². The monoisotopic (exact) mass is 692 g/mol. The molecule has 0 radical (unpaired) electrons. The molecular weight excluding hydrogens is 648 g/mol. The molecule has 0 unspecified atom stereocenters. The number of amides is 7. The smallest absolute Gasteiger partial charge is 0.328 e. The second-order valence-corrected chi connectivity index (χ2v) is 11.0. The van der Waals surface area contributed by atoms with Crippen LogP contribution in [-0.2, 0) is 43.2 Å². The summed E-state index contributed by atoms with van der Waals surface area (Å²) in [6.45, 7) is 2.70. The third-order valence-electron chi connectivity index (χ3n) is 6.36. The van der Waals surface area contributed by atoms with Crippen molar-refractivity contribution in [3.8, 4) is 0 Å². The Labute approximate surface area is 275 Å². The lowest BCUT2D eigenvalue weighted by atomic mass is 10.0. The van der Waals surface area contributed by atoms with E-state index in [0.29, 0.717) is 0 Å².